The van der Waals surface area contributed by atoms with Crippen LogP contribution in [0.5, 0.6) is 0 Å². The predicted molar refractivity (Wildman–Crippen MR) is 124 cm³/mol. The third-order valence-electron chi connectivity index (χ3n) is 4.20. The summed E-state index contributed by atoms with van der Waals surface area (Å²) in [5.41, 5.74) is 2.42. The summed E-state index contributed by atoms with van der Waals surface area (Å²) in [5.74, 6) is -0.728. The second-order valence-corrected chi connectivity index (χ2v) is 8.69. The van der Waals surface area contributed by atoms with Crippen LogP contribution in [0.25, 0.3) is 11.1 Å². The van der Waals surface area contributed by atoms with Crippen molar-refractivity contribution in [2.24, 2.45) is 0 Å². The Morgan fingerprint density at radius 3 is 2.29 bits per heavy atom. The molecule has 0 atom stereocenters. The summed E-state index contributed by atoms with van der Waals surface area (Å²) in [7, 11) is 0. The highest BCUT2D eigenvalue weighted by Gasteiger charge is 2.19. The van der Waals surface area contributed by atoms with Crippen molar-refractivity contribution in [2.75, 3.05) is 10.6 Å². The number of ketones is 1. The van der Waals surface area contributed by atoms with Gasteiger partial charge in [-0.3, -0.25) is 14.9 Å². The van der Waals surface area contributed by atoms with E-state index in [0.717, 1.165) is 11.1 Å². The Morgan fingerprint density at radius 1 is 0.903 bits per heavy atom. The minimum absolute atomic E-state index is 0.264. The fourth-order valence-electron chi connectivity index (χ4n) is 2.85. The fourth-order valence-corrected chi connectivity index (χ4v) is 3.51. The first-order chi connectivity index (χ1) is 14.7. The lowest BCUT2D eigenvalue weighted by Gasteiger charge is -2.21. The first-order valence-electron chi connectivity index (χ1n) is 9.76. The Morgan fingerprint density at radius 2 is 1.65 bits per heavy atom. The number of hydrogen-bond donors (Lipinski definition) is 2. The van der Waals surface area contributed by atoms with Gasteiger partial charge in [-0.05, 0) is 55.5 Å². The Bertz CT molecular complexity index is 1070. The molecule has 3 aromatic rings. The Kier molecular flexibility index (Phi) is 6.87. The molecule has 2 N–H and O–H groups in total. The highest BCUT2D eigenvalue weighted by Crippen LogP contribution is 2.30. The Balaban J connectivity index is 1.83. The molecule has 0 saturated heterocycles. The zero-order valence-electron chi connectivity index (χ0n) is 17.6. The van der Waals surface area contributed by atoms with Crippen molar-refractivity contribution in [3.8, 4) is 11.1 Å². The number of benzene rings is 2. The third-order valence-corrected chi connectivity index (χ3v) is 4.88. The molecular formula is C24H24N2O4S. The van der Waals surface area contributed by atoms with Crippen LogP contribution in [0, 0.1) is 0 Å². The van der Waals surface area contributed by atoms with Crippen LogP contribution in [0.4, 0.5) is 16.2 Å². The summed E-state index contributed by atoms with van der Waals surface area (Å²) >= 11 is 1.40. The van der Waals surface area contributed by atoms with Crippen molar-refractivity contribution < 1.29 is 19.1 Å². The van der Waals surface area contributed by atoms with Gasteiger partial charge < -0.3 is 10.1 Å². The van der Waals surface area contributed by atoms with Gasteiger partial charge in [-0.25, -0.2) is 4.79 Å². The zero-order valence-corrected chi connectivity index (χ0v) is 18.4. The van der Waals surface area contributed by atoms with Gasteiger partial charge in [-0.2, -0.15) is 11.3 Å². The van der Waals surface area contributed by atoms with Crippen LogP contribution in [-0.4, -0.2) is 23.4 Å². The van der Waals surface area contributed by atoms with E-state index >= 15 is 0 Å². The van der Waals surface area contributed by atoms with E-state index in [2.05, 4.69) is 10.6 Å². The monoisotopic (exact) mass is 436 g/mol. The lowest BCUT2D eigenvalue weighted by molar-refractivity contribution is -0.115. The van der Waals surface area contributed by atoms with Gasteiger partial charge in [-0.1, -0.05) is 36.4 Å². The first kappa shape index (κ1) is 22.2. The smallest absolute Gasteiger partial charge is 0.412 e. The number of anilines is 2. The Labute approximate surface area is 185 Å². The topological polar surface area (TPSA) is 84.5 Å². The molecule has 7 heteroatoms. The lowest BCUT2D eigenvalue weighted by Crippen LogP contribution is -2.27. The van der Waals surface area contributed by atoms with Gasteiger partial charge >= 0.3 is 6.09 Å². The van der Waals surface area contributed by atoms with Crippen LogP contribution >= 0.6 is 11.3 Å². The summed E-state index contributed by atoms with van der Waals surface area (Å²) in [4.78, 5) is 37.1. The van der Waals surface area contributed by atoms with Crippen LogP contribution in [0.3, 0.4) is 0 Å². The number of nitrogens with one attached hydrogen (secondary N) is 2. The highest BCUT2D eigenvalue weighted by molar-refractivity contribution is 7.08. The van der Waals surface area contributed by atoms with Crippen LogP contribution in [0.15, 0.2) is 65.4 Å². The molecule has 0 aliphatic rings. The summed E-state index contributed by atoms with van der Waals surface area (Å²) in [6.45, 7) is 5.30. The molecule has 0 radical (unpaired) electrons. The van der Waals surface area contributed by atoms with Crippen LogP contribution in [-0.2, 0) is 9.53 Å². The van der Waals surface area contributed by atoms with Crippen molar-refractivity contribution in [3.05, 3.63) is 70.9 Å². The SMILES string of the molecule is CC(C)(C)OC(=O)Nc1ccc(-c2ccccc2)cc1NC(=O)CC(=O)c1ccsc1. The zero-order chi connectivity index (χ0) is 22.4. The van der Waals surface area contributed by atoms with Gasteiger partial charge in [0.05, 0.1) is 17.8 Å². The quantitative estimate of drug-likeness (QED) is 0.368. The van der Waals surface area contributed by atoms with Crippen LogP contribution < -0.4 is 10.6 Å². The van der Waals surface area contributed by atoms with Gasteiger partial charge in [0.15, 0.2) is 5.78 Å². The largest absolute Gasteiger partial charge is 0.444 e. The molecule has 31 heavy (non-hydrogen) atoms. The van der Waals surface area contributed by atoms with Crippen molar-refractivity contribution in [1.82, 2.24) is 0 Å². The standard InChI is InChI=1S/C24H24N2O4S/c1-24(2,3)30-23(29)26-19-10-9-17(16-7-5-4-6-8-16)13-20(19)25-22(28)14-21(27)18-11-12-31-15-18/h4-13,15H,14H2,1-3H3,(H,25,28)(H,26,29). The van der Waals surface area contributed by atoms with Crippen LogP contribution in [0.1, 0.15) is 37.6 Å². The number of amides is 2. The van der Waals surface area contributed by atoms with Crippen molar-refractivity contribution in [2.45, 2.75) is 32.8 Å². The lowest BCUT2D eigenvalue weighted by atomic mass is 10.0. The summed E-state index contributed by atoms with van der Waals surface area (Å²) < 4.78 is 5.31. The molecular weight excluding hydrogens is 412 g/mol. The normalized spacial score (nSPS) is 10.9. The maximum Gasteiger partial charge on any atom is 0.412 e. The van der Waals surface area contributed by atoms with Gasteiger partial charge in [0, 0.05) is 10.9 Å². The van der Waals surface area contributed by atoms with E-state index in [0.29, 0.717) is 16.9 Å². The average Bonchev–Trinajstić information content (AvgIpc) is 3.23. The van der Waals surface area contributed by atoms with Crippen molar-refractivity contribution in [3.63, 3.8) is 0 Å². The first-order valence-corrected chi connectivity index (χ1v) is 10.7. The van der Waals surface area contributed by atoms with E-state index in [1.807, 2.05) is 36.4 Å². The summed E-state index contributed by atoms with van der Waals surface area (Å²) in [6, 6.07) is 16.6. The minimum Gasteiger partial charge on any atom is -0.444 e. The van der Waals surface area contributed by atoms with E-state index in [1.54, 1.807) is 49.7 Å². The van der Waals surface area contributed by atoms with Gasteiger partial charge in [0.25, 0.3) is 0 Å². The number of carbonyl (C=O) groups excluding carboxylic acids is 3. The highest BCUT2D eigenvalue weighted by atomic mass is 32.1. The second-order valence-electron chi connectivity index (χ2n) is 7.91. The van der Waals surface area contributed by atoms with Crippen LogP contribution in [0.2, 0.25) is 0 Å². The molecule has 0 bridgehead atoms. The molecule has 2 aromatic carbocycles. The number of ether oxygens (including phenoxy) is 1. The van der Waals surface area contributed by atoms with E-state index in [4.69, 9.17) is 4.74 Å². The fraction of sp³-hybridized carbons (Fsp3) is 0.208. The molecule has 0 aliphatic heterocycles. The van der Waals surface area contributed by atoms with Crippen molar-refractivity contribution >= 4 is 40.5 Å². The molecule has 0 unspecified atom stereocenters. The number of thiophene rings is 1. The number of rotatable bonds is 6. The summed E-state index contributed by atoms with van der Waals surface area (Å²) in [5, 5.41) is 8.93. The van der Waals surface area contributed by atoms with Gasteiger partial charge in [0.1, 0.15) is 5.60 Å². The Hall–Kier alpha value is -3.45. The molecule has 3 rings (SSSR count). The number of hydrogen-bond acceptors (Lipinski definition) is 5. The molecule has 0 saturated carbocycles. The maximum atomic E-state index is 12.6. The molecule has 0 fully saturated rings. The minimum atomic E-state index is -0.662. The number of carbonyl (C=O) groups is 3. The molecule has 6 nitrogen and oxygen atoms in total. The van der Waals surface area contributed by atoms with E-state index < -0.39 is 17.6 Å². The predicted octanol–water partition coefficient (Wildman–Crippen LogP) is 5.97. The van der Waals surface area contributed by atoms with E-state index in [-0.39, 0.29) is 12.2 Å². The van der Waals surface area contributed by atoms with Gasteiger partial charge in [-0.15, -0.1) is 0 Å². The van der Waals surface area contributed by atoms with E-state index in [1.165, 1.54) is 11.3 Å². The second kappa shape index (κ2) is 9.57. The molecule has 2 amide bonds. The number of Topliss-reactive ketones (excluding diaryl/α,β-unsaturated/α-hetero) is 1. The van der Waals surface area contributed by atoms with Gasteiger partial charge in [0.2, 0.25) is 5.91 Å². The third kappa shape index (κ3) is 6.52. The molecule has 0 spiro atoms. The average molecular weight is 437 g/mol. The maximum absolute atomic E-state index is 12.6. The van der Waals surface area contributed by atoms with Crippen molar-refractivity contribution in [1.29, 1.82) is 0 Å². The molecule has 0 aliphatic carbocycles. The molecule has 160 valence electrons. The molecule has 1 heterocycles. The molecule has 1 aromatic heterocycles. The van der Waals surface area contributed by atoms with E-state index in [9.17, 15) is 14.4 Å². The summed E-state index contributed by atoms with van der Waals surface area (Å²) in [6.07, 6.45) is -0.928.